The monoisotopic (exact) mass is 352 g/mol. The Morgan fingerprint density at radius 1 is 1.35 bits per heavy atom. The number of rotatable bonds is 6. The van der Waals surface area contributed by atoms with Crippen molar-refractivity contribution in [2.45, 2.75) is 39.0 Å². The molecule has 6 heteroatoms. The largest absolute Gasteiger partial charge is 0.361 e. The van der Waals surface area contributed by atoms with Gasteiger partial charge in [-0.2, -0.15) is 4.98 Å². The van der Waals surface area contributed by atoms with Crippen molar-refractivity contribution in [3.63, 3.8) is 0 Å². The van der Waals surface area contributed by atoms with Gasteiger partial charge in [-0.05, 0) is 36.8 Å². The molecule has 0 spiro atoms. The zero-order chi connectivity index (χ0) is 17.9. The van der Waals surface area contributed by atoms with Gasteiger partial charge in [0.25, 0.3) is 0 Å². The first-order chi connectivity index (χ1) is 12.7. The number of aryl methyl sites for hydroxylation is 3. The van der Waals surface area contributed by atoms with Gasteiger partial charge in [0.05, 0.1) is 0 Å². The highest BCUT2D eigenvalue weighted by Crippen LogP contribution is 2.23. The van der Waals surface area contributed by atoms with Gasteiger partial charge in [0.2, 0.25) is 11.8 Å². The number of amides is 1. The van der Waals surface area contributed by atoms with Crippen LogP contribution in [0.3, 0.4) is 0 Å². The van der Waals surface area contributed by atoms with Crippen molar-refractivity contribution in [3.8, 4) is 0 Å². The van der Waals surface area contributed by atoms with Gasteiger partial charge in [-0.1, -0.05) is 23.4 Å². The van der Waals surface area contributed by atoms with E-state index >= 15 is 0 Å². The van der Waals surface area contributed by atoms with Gasteiger partial charge in [-0.3, -0.25) is 4.79 Å². The van der Waals surface area contributed by atoms with Crippen molar-refractivity contribution in [3.05, 3.63) is 47.7 Å². The van der Waals surface area contributed by atoms with Crippen molar-refractivity contribution in [1.29, 1.82) is 0 Å². The van der Waals surface area contributed by atoms with E-state index in [1.54, 1.807) is 6.92 Å². The van der Waals surface area contributed by atoms with E-state index in [0.29, 0.717) is 18.2 Å². The number of aromatic nitrogens is 3. The quantitative estimate of drug-likeness (QED) is 0.739. The number of benzene rings is 1. The summed E-state index contributed by atoms with van der Waals surface area (Å²) in [6.07, 6.45) is 6.27. The average molecular weight is 352 g/mol. The second-order valence-electron chi connectivity index (χ2n) is 7.12. The van der Waals surface area contributed by atoms with E-state index < -0.39 is 0 Å². The first kappa shape index (κ1) is 16.8. The first-order valence-corrected chi connectivity index (χ1v) is 9.31. The average Bonchev–Trinajstić information content (AvgIpc) is 3.38. The highest BCUT2D eigenvalue weighted by atomic mass is 16.5. The Kier molecular flexibility index (Phi) is 4.73. The lowest BCUT2D eigenvalue weighted by Gasteiger charge is -2.16. The van der Waals surface area contributed by atoms with Crippen LogP contribution in [-0.2, 0) is 17.6 Å². The Hall–Kier alpha value is -2.63. The number of hydrogen-bond donors (Lipinski definition) is 1. The molecule has 26 heavy (non-hydrogen) atoms. The molecule has 0 aliphatic carbocycles. The maximum atomic E-state index is 12.6. The summed E-state index contributed by atoms with van der Waals surface area (Å²) < 4.78 is 5.01. The Bertz CT molecular complexity index is 898. The van der Waals surface area contributed by atoms with Crippen LogP contribution in [-0.4, -0.2) is 39.0 Å². The second-order valence-corrected chi connectivity index (χ2v) is 7.12. The fraction of sp³-hybridized carbons (Fsp3) is 0.450. The van der Waals surface area contributed by atoms with E-state index in [1.165, 1.54) is 10.9 Å². The van der Waals surface area contributed by atoms with Gasteiger partial charge >= 0.3 is 0 Å². The number of para-hydroxylation sites is 1. The van der Waals surface area contributed by atoms with Gasteiger partial charge < -0.3 is 14.4 Å². The smallest absolute Gasteiger partial charge is 0.223 e. The summed E-state index contributed by atoms with van der Waals surface area (Å²) in [5.74, 6) is 2.17. The lowest BCUT2D eigenvalue weighted by Crippen LogP contribution is -2.28. The second kappa shape index (κ2) is 7.32. The number of likely N-dealkylation sites (tertiary alicyclic amines) is 1. The summed E-state index contributed by atoms with van der Waals surface area (Å²) in [5.41, 5.74) is 2.35. The zero-order valence-corrected chi connectivity index (χ0v) is 15.1. The van der Waals surface area contributed by atoms with E-state index in [2.05, 4.69) is 27.3 Å². The summed E-state index contributed by atoms with van der Waals surface area (Å²) >= 11 is 0. The molecule has 1 unspecified atom stereocenters. The van der Waals surface area contributed by atoms with Crippen molar-refractivity contribution < 1.29 is 9.32 Å². The topological polar surface area (TPSA) is 75.0 Å². The molecule has 1 atom stereocenters. The molecule has 3 heterocycles. The molecule has 1 amide bonds. The van der Waals surface area contributed by atoms with Crippen LogP contribution in [0.2, 0.25) is 0 Å². The van der Waals surface area contributed by atoms with Crippen molar-refractivity contribution in [2.75, 3.05) is 13.1 Å². The number of carbonyl (C=O) groups is 1. The molecule has 1 aliphatic heterocycles. The van der Waals surface area contributed by atoms with Gasteiger partial charge in [-0.25, -0.2) is 0 Å². The number of H-pyrrole nitrogens is 1. The van der Waals surface area contributed by atoms with Crippen LogP contribution >= 0.6 is 0 Å². The minimum Gasteiger partial charge on any atom is -0.361 e. The summed E-state index contributed by atoms with van der Waals surface area (Å²) in [6, 6.07) is 8.24. The van der Waals surface area contributed by atoms with Crippen LogP contribution in [0.1, 0.15) is 36.5 Å². The summed E-state index contributed by atoms with van der Waals surface area (Å²) in [5, 5.41) is 5.16. The molecule has 1 aliphatic rings. The Morgan fingerprint density at radius 3 is 3.08 bits per heavy atom. The van der Waals surface area contributed by atoms with E-state index in [-0.39, 0.29) is 5.91 Å². The van der Waals surface area contributed by atoms with Crippen molar-refractivity contribution in [1.82, 2.24) is 20.0 Å². The molecule has 1 saturated heterocycles. The number of hydrogen-bond acceptors (Lipinski definition) is 4. The highest BCUT2D eigenvalue weighted by Gasteiger charge is 2.26. The van der Waals surface area contributed by atoms with E-state index in [0.717, 1.165) is 50.1 Å². The molecule has 1 fully saturated rings. The van der Waals surface area contributed by atoms with Crippen molar-refractivity contribution >= 4 is 16.8 Å². The number of aromatic amines is 1. The maximum absolute atomic E-state index is 12.6. The van der Waals surface area contributed by atoms with Gasteiger partial charge in [0.1, 0.15) is 0 Å². The Morgan fingerprint density at radius 2 is 2.23 bits per heavy atom. The molecule has 0 bridgehead atoms. The molecule has 0 saturated carbocycles. The van der Waals surface area contributed by atoms with Crippen LogP contribution in [0.4, 0.5) is 0 Å². The molecule has 4 rings (SSSR count). The van der Waals surface area contributed by atoms with E-state index in [4.69, 9.17) is 4.52 Å². The highest BCUT2D eigenvalue weighted by molar-refractivity contribution is 5.84. The van der Waals surface area contributed by atoms with Crippen LogP contribution in [0.5, 0.6) is 0 Å². The SMILES string of the molecule is Cc1nc(CCC2CCN(C(=O)CCc3c[nH]c4ccccc34)C2)no1. The number of carbonyl (C=O) groups excluding carboxylic acids is 1. The molecule has 3 aromatic rings. The molecular formula is C20H24N4O2. The lowest BCUT2D eigenvalue weighted by atomic mass is 10.0. The Labute approximate surface area is 152 Å². The fourth-order valence-corrected chi connectivity index (χ4v) is 3.81. The van der Waals surface area contributed by atoms with Crippen molar-refractivity contribution in [2.24, 2.45) is 5.92 Å². The lowest BCUT2D eigenvalue weighted by molar-refractivity contribution is -0.130. The minimum absolute atomic E-state index is 0.258. The summed E-state index contributed by atoms with van der Waals surface area (Å²) in [7, 11) is 0. The Balaban J connectivity index is 1.26. The molecule has 6 nitrogen and oxygen atoms in total. The normalized spacial score (nSPS) is 17.3. The maximum Gasteiger partial charge on any atom is 0.223 e. The van der Waals surface area contributed by atoms with Crippen LogP contribution in [0.25, 0.3) is 10.9 Å². The molecular weight excluding hydrogens is 328 g/mol. The first-order valence-electron chi connectivity index (χ1n) is 9.31. The molecule has 1 aromatic carbocycles. The fourth-order valence-electron chi connectivity index (χ4n) is 3.81. The van der Waals surface area contributed by atoms with Gasteiger partial charge in [0.15, 0.2) is 5.82 Å². The van der Waals surface area contributed by atoms with E-state index in [9.17, 15) is 4.79 Å². The standard InChI is InChI=1S/C20H24N4O2/c1-14-22-19(23-26-14)8-6-15-10-11-24(13-15)20(25)9-7-16-12-21-18-5-3-2-4-17(16)18/h2-5,12,15,21H,6-11,13H2,1H3. The third-order valence-corrected chi connectivity index (χ3v) is 5.27. The van der Waals surface area contributed by atoms with Gasteiger partial charge in [0, 0.05) is 50.0 Å². The number of fused-ring (bicyclic) bond motifs is 1. The van der Waals surface area contributed by atoms with Crippen LogP contribution in [0.15, 0.2) is 35.0 Å². The third kappa shape index (κ3) is 3.64. The predicted molar refractivity (Wildman–Crippen MR) is 98.7 cm³/mol. The number of nitrogens with one attached hydrogen (secondary N) is 1. The molecule has 2 aromatic heterocycles. The number of nitrogens with zero attached hydrogens (tertiary/aromatic N) is 3. The van der Waals surface area contributed by atoms with Crippen LogP contribution in [0, 0.1) is 12.8 Å². The molecule has 0 radical (unpaired) electrons. The predicted octanol–water partition coefficient (Wildman–Crippen LogP) is 3.27. The third-order valence-electron chi connectivity index (χ3n) is 5.27. The zero-order valence-electron chi connectivity index (χ0n) is 15.1. The summed E-state index contributed by atoms with van der Waals surface area (Å²) in [6.45, 7) is 3.52. The van der Waals surface area contributed by atoms with E-state index in [1.807, 2.05) is 23.2 Å². The molecule has 136 valence electrons. The van der Waals surface area contributed by atoms with Gasteiger partial charge in [-0.15, -0.1) is 0 Å². The van der Waals surface area contributed by atoms with Crippen LogP contribution < -0.4 is 0 Å². The minimum atomic E-state index is 0.258. The summed E-state index contributed by atoms with van der Waals surface area (Å²) in [4.78, 5) is 22.1. The molecule has 1 N–H and O–H groups in total.